The molecular weight excluding hydrogens is 228 g/mol. The van der Waals surface area contributed by atoms with E-state index in [9.17, 15) is 13.9 Å². The molecule has 1 aromatic carbocycles. The van der Waals surface area contributed by atoms with Gasteiger partial charge in [-0.1, -0.05) is 6.07 Å². The first-order chi connectivity index (χ1) is 8.08. The van der Waals surface area contributed by atoms with Gasteiger partial charge in [0.2, 0.25) is 0 Å². The zero-order valence-corrected chi connectivity index (χ0v) is 8.82. The zero-order valence-electron chi connectivity index (χ0n) is 8.82. The summed E-state index contributed by atoms with van der Waals surface area (Å²) in [7, 11) is 0. The van der Waals surface area contributed by atoms with E-state index in [0.717, 1.165) is 12.1 Å². The van der Waals surface area contributed by atoms with Crippen LogP contribution < -0.4 is 5.73 Å². The maximum Gasteiger partial charge on any atom is 0.129 e. The van der Waals surface area contributed by atoms with E-state index in [1.807, 2.05) is 0 Å². The number of aromatic amines is 1. The lowest BCUT2D eigenvalue weighted by molar-refractivity contribution is 0.178. The lowest BCUT2D eigenvalue weighted by Crippen LogP contribution is -2.05. The molecule has 2 aromatic rings. The molecule has 1 atom stereocenters. The number of aromatic nitrogens is 2. The van der Waals surface area contributed by atoms with Crippen LogP contribution in [0.15, 0.2) is 24.4 Å². The number of halogens is 2. The predicted octanol–water partition coefficient (Wildman–Crippen LogP) is 1.55. The fourth-order valence-electron chi connectivity index (χ4n) is 1.58. The van der Waals surface area contributed by atoms with E-state index in [1.54, 1.807) is 0 Å². The van der Waals surface area contributed by atoms with Gasteiger partial charge in [0.15, 0.2) is 0 Å². The Morgan fingerprint density at radius 2 is 2.18 bits per heavy atom. The monoisotopic (exact) mass is 239 g/mol. The highest BCUT2D eigenvalue weighted by molar-refractivity contribution is 5.39. The number of H-pyrrole nitrogens is 1. The van der Waals surface area contributed by atoms with E-state index in [2.05, 4.69) is 10.2 Å². The molecule has 0 spiro atoms. The van der Waals surface area contributed by atoms with Gasteiger partial charge in [-0.25, -0.2) is 8.78 Å². The van der Waals surface area contributed by atoms with Crippen molar-refractivity contribution >= 4 is 5.82 Å². The lowest BCUT2D eigenvalue weighted by Gasteiger charge is -2.10. The van der Waals surface area contributed by atoms with Crippen molar-refractivity contribution in [2.75, 3.05) is 5.73 Å². The van der Waals surface area contributed by atoms with Gasteiger partial charge >= 0.3 is 0 Å². The van der Waals surface area contributed by atoms with Crippen LogP contribution in [0.4, 0.5) is 14.6 Å². The summed E-state index contributed by atoms with van der Waals surface area (Å²) in [5, 5.41) is 16.0. The number of nitrogens with one attached hydrogen (secondary N) is 1. The average Bonchev–Trinajstić information content (AvgIpc) is 2.68. The Labute approximate surface area is 96.1 Å². The molecule has 2 rings (SSSR count). The van der Waals surface area contributed by atoms with E-state index in [-0.39, 0.29) is 17.8 Å². The van der Waals surface area contributed by atoms with Crippen molar-refractivity contribution in [1.82, 2.24) is 10.2 Å². The zero-order chi connectivity index (χ0) is 12.4. The van der Waals surface area contributed by atoms with E-state index in [4.69, 9.17) is 5.73 Å². The third kappa shape index (κ3) is 2.42. The normalized spacial score (nSPS) is 12.6. The molecule has 0 aliphatic rings. The van der Waals surface area contributed by atoms with E-state index < -0.39 is 17.7 Å². The summed E-state index contributed by atoms with van der Waals surface area (Å²) in [6.45, 7) is 0. The summed E-state index contributed by atoms with van der Waals surface area (Å²) in [5.41, 5.74) is 6.14. The molecule has 0 fully saturated rings. The van der Waals surface area contributed by atoms with Crippen LogP contribution in [0, 0.1) is 11.6 Å². The molecular formula is C11H11F2N3O. The fraction of sp³-hybridized carbons (Fsp3) is 0.182. The number of benzene rings is 1. The number of anilines is 1. The molecule has 17 heavy (non-hydrogen) atoms. The van der Waals surface area contributed by atoms with Crippen molar-refractivity contribution in [3.05, 3.63) is 47.2 Å². The fourth-order valence-corrected chi connectivity index (χ4v) is 1.58. The van der Waals surface area contributed by atoms with Crippen LogP contribution in [0.25, 0.3) is 0 Å². The maximum absolute atomic E-state index is 13.3. The first kappa shape index (κ1) is 11.5. The molecule has 0 saturated carbocycles. The Morgan fingerprint density at radius 3 is 2.76 bits per heavy atom. The highest BCUT2D eigenvalue weighted by atomic mass is 19.1. The Morgan fingerprint density at radius 1 is 1.41 bits per heavy atom. The second-order valence-corrected chi connectivity index (χ2v) is 3.69. The highest BCUT2D eigenvalue weighted by Gasteiger charge is 2.15. The van der Waals surface area contributed by atoms with Crippen molar-refractivity contribution in [2.24, 2.45) is 0 Å². The third-order valence-electron chi connectivity index (χ3n) is 2.49. The summed E-state index contributed by atoms with van der Waals surface area (Å²) in [4.78, 5) is 0. The Kier molecular flexibility index (Phi) is 3.06. The summed E-state index contributed by atoms with van der Waals surface area (Å²) < 4.78 is 26.0. The van der Waals surface area contributed by atoms with Crippen molar-refractivity contribution in [2.45, 2.75) is 12.5 Å². The molecule has 0 aliphatic carbocycles. The molecule has 0 radical (unpaired) electrons. The number of rotatable bonds is 3. The molecule has 90 valence electrons. The first-order valence-corrected chi connectivity index (χ1v) is 4.98. The van der Waals surface area contributed by atoms with Gasteiger partial charge in [0.25, 0.3) is 0 Å². The average molecular weight is 239 g/mol. The molecule has 0 saturated heterocycles. The van der Waals surface area contributed by atoms with E-state index >= 15 is 0 Å². The van der Waals surface area contributed by atoms with Gasteiger partial charge in [-0.3, -0.25) is 5.10 Å². The number of nitrogens with two attached hydrogens (primary N) is 1. The summed E-state index contributed by atoms with van der Waals surface area (Å²) >= 11 is 0. The molecule has 4 nitrogen and oxygen atoms in total. The van der Waals surface area contributed by atoms with Crippen LogP contribution >= 0.6 is 0 Å². The van der Waals surface area contributed by atoms with Gasteiger partial charge in [0.1, 0.15) is 17.5 Å². The SMILES string of the molecule is Nc1[nH]ncc1C(O)Cc1ccc(F)cc1F. The number of hydrogen-bond acceptors (Lipinski definition) is 3. The van der Waals surface area contributed by atoms with Gasteiger partial charge in [-0.05, 0) is 11.6 Å². The number of aliphatic hydroxyl groups excluding tert-OH is 1. The van der Waals surface area contributed by atoms with Crippen molar-refractivity contribution < 1.29 is 13.9 Å². The Bertz CT molecular complexity index is 527. The quantitative estimate of drug-likeness (QED) is 0.760. The minimum absolute atomic E-state index is 0.00977. The molecule has 1 heterocycles. The van der Waals surface area contributed by atoms with Crippen LogP contribution in [0.2, 0.25) is 0 Å². The Hall–Kier alpha value is -1.95. The van der Waals surface area contributed by atoms with Gasteiger partial charge in [-0.15, -0.1) is 0 Å². The van der Waals surface area contributed by atoms with Crippen molar-refractivity contribution in [3.8, 4) is 0 Å². The predicted molar refractivity (Wildman–Crippen MR) is 58.0 cm³/mol. The first-order valence-electron chi connectivity index (χ1n) is 4.98. The van der Waals surface area contributed by atoms with Gasteiger partial charge in [0.05, 0.1) is 12.3 Å². The molecule has 6 heteroatoms. The number of nitrogens with zero attached hydrogens (tertiary/aromatic N) is 1. The molecule has 1 unspecified atom stereocenters. The maximum atomic E-state index is 13.3. The van der Waals surface area contributed by atoms with E-state index in [0.29, 0.717) is 5.56 Å². The second-order valence-electron chi connectivity index (χ2n) is 3.69. The van der Waals surface area contributed by atoms with Crippen LogP contribution in [0.3, 0.4) is 0 Å². The topological polar surface area (TPSA) is 74.9 Å². The van der Waals surface area contributed by atoms with E-state index in [1.165, 1.54) is 12.3 Å². The highest BCUT2D eigenvalue weighted by Crippen LogP contribution is 2.23. The van der Waals surface area contributed by atoms with Crippen LogP contribution in [0.1, 0.15) is 17.2 Å². The summed E-state index contributed by atoms with van der Waals surface area (Å²) in [6, 6.07) is 3.22. The minimum Gasteiger partial charge on any atom is -0.388 e. The van der Waals surface area contributed by atoms with Crippen LogP contribution in [0.5, 0.6) is 0 Å². The van der Waals surface area contributed by atoms with Gasteiger partial charge in [0, 0.05) is 18.1 Å². The molecule has 0 amide bonds. The van der Waals surface area contributed by atoms with Crippen LogP contribution in [-0.2, 0) is 6.42 Å². The van der Waals surface area contributed by atoms with Gasteiger partial charge < -0.3 is 10.8 Å². The molecule has 1 aromatic heterocycles. The summed E-state index contributed by atoms with van der Waals surface area (Å²) in [6.07, 6.45) is 0.408. The minimum atomic E-state index is -0.978. The number of aliphatic hydroxyl groups is 1. The van der Waals surface area contributed by atoms with Crippen LogP contribution in [-0.4, -0.2) is 15.3 Å². The molecule has 4 N–H and O–H groups in total. The standard InChI is InChI=1S/C11H11F2N3O/c12-7-2-1-6(9(13)4-7)3-10(17)8-5-15-16-11(8)14/h1-2,4-5,10,17H,3H2,(H3,14,15,16). The third-order valence-corrected chi connectivity index (χ3v) is 2.49. The number of hydrogen-bond donors (Lipinski definition) is 3. The smallest absolute Gasteiger partial charge is 0.129 e. The summed E-state index contributed by atoms with van der Waals surface area (Å²) in [5.74, 6) is -1.10. The molecule has 0 aliphatic heterocycles. The van der Waals surface area contributed by atoms with Gasteiger partial charge in [-0.2, -0.15) is 5.10 Å². The lowest BCUT2D eigenvalue weighted by atomic mass is 10.0. The van der Waals surface area contributed by atoms with Crippen molar-refractivity contribution in [1.29, 1.82) is 0 Å². The Balaban J connectivity index is 2.19. The van der Waals surface area contributed by atoms with Crippen molar-refractivity contribution in [3.63, 3.8) is 0 Å². The largest absolute Gasteiger partial charge is 0.388 e. The number of nitrogen functional groups attached to an aromatic ring is 1. The second kappa shape index (κ2) is 4.50. The molecule has 0 bridgehead atoms.